The third kappa shape index (κ3) is 62.3. The van der Waals surface area contributed by atoms with E-state index in [-0.39, 0.29) is 34.0 Å². The maximum absolute atomic E-state index is 9.33. The molecule has 1 N–H and O–H groups in total. The fraction of sp³-hybridized carbons (Fsp3) is 1.00. The summed E-state index contributed by atoms with van der Waals surface area (Å²) in [5, 5.41) is 0. The van der Waals surface area contributed by atoms with E-state index in [1.54, 1.807) is 0 Å². The Hall–Kier alpha value is 0.750. The van der Waals surface area contributed by atoms with E-state index in [0.29, 0.717) is 0 Å². The predicted molar refractivity (Wildman–Crippen MR) is 200 cm³/mol. The van der Waals surface area contributed by atoms with Crippen molar-refractivity contribution in [2.45, 2.75) is 188 Å². The van der Waals surface area contributed by atoms with Crippen molar-refractivity contribution in [3.05, 3.63) is 0 Å². The van der Waals surface area contributed by atoms with Crippen LogP contribution in [0.25, 0.3) is 0 Å². The lowest BCUT2D eigenvalue weighted by Crippen LogP contribution is -3.00. The van der Waals surface area contributed by atoms with Gasteiger partial charge in [-0.1, -0.05) is 155 Å². The number of quaternary nitrogens is 2. The van der Waals surface area contributed by atoms with Crippen LogP contribution in [0.2, 0.25) is 0 Å². The molecule has 0 aromatic carbocycles. The van der Waals surface area contributed by atoms with E-state index in [1.165, 1.54) is 191 Å². The summed E-state index contributed by atoms with van der Waals surface area (Å²) in [5.41, 5.74) is 0. The van der Waals surface area contributed by atoms with Gasteiger partial charge < -0.3 is 42.9 Å². The molecule has 9 heteroatoms. The van der Waals surface area contributed by atoms with Crippen LogP contribution in [0.5, 0.6) is 0 Å². The van der Waals surface area contributed by atoms with Crippen molar-refractivity contribution < 1.29 is 60.1 Å². The minimum atomic E-state index is -4.16. The van der Waals surface area contributed by atoms with Gasteiger partial charge in [0, 0.05) is 0 Å². The van der Waals surface area contributed by atoms with Gasteiger partial charge in [-0.05, 0) is 32.6 Å². The second kappa shape index (κ2) is 41.2. The maximum Gasteiger partial charge on any atom is 0.397 e. The van der Waals surface area contributed by atoms with Gasteiger partial charge in [0.25, 0.3) is 0 Å². The SMILES string of the molecule is CCCCCCCCCCCCCCCCCC[N+](C)(C)C.CCCCCCCCCCCC[N+](C)(C)CC.COS(=O)(=O)O.[Br-].[Br-]. The molecule has 0 fully saturated rings. The smallest absolute Gasteiger partial charge is 0.397 e. The number of hydrogen-bond donors (Lipinski definition) is 1. The number of nitrogens with zero attached hydrogens (tertiary/aromatic N) is 2. The normalized spacial score (nSPS) is 11.4. The molecule has 0 aromatic heterocycles. The zero-order valence-corrected chi connectivity index (χ0v) is 37.2. The molecule has 0 atom stereocenters. The van der Waals surface area contributed by atoms with E-state index >= 15 is 0 Å². The molecule has 0 aliphatic heterocycles. The van der Waals surface area contributed by atoms with Gasteiger partial charge >= 0.3 is 10.4 Å². The summed E-state index contributed by atoms with van der Waals surface area (Å²) in [6, 6.07) is 0. The third-order valence-corrected chi connectivity index (χ3v) is 9.29. The van der Waals surface area contributed by atoms with E-state index in [2.05, 4.69) is 60.2 Å². The molecular weight excluding hydrogens is 740 g/mol. The fourth-order valence-corrected chi connectivity index (χ4v) is 5.32. The Balaban J connectivity index is -0.000000209. The molecule has 0 saturated carbocycles. The molecule has 0 heterocycles. The molecule has 0 bridgehead atoms. The second-order valence-electron chi connectivity index (χ2n) is 15.1. The van der Waals surface area contributed by atoms with E-state index in [0.717, 1.165) is 11.6 Å². The molecule has 0 rings (SSSR count). The van der Waals surface area contributed by atoms with Crippen LogP contribution >= 0.6 is 0 Å². The van der Waals surface area contributed by atoms with Crippen molar-refractivity contribution >= 4 is 10.4 Å². The Kier molecular flexibility index (Phi) is 50.0. The van der Waals surface area contributed by atoms with Crippen LogP contribution in [0.1, 0.15) is 188 Å². The molecule has 0 aromatic rings. The van der Waals surface area contributed by atoms with Crippen LogP contribution in [-0.4, -0.2) is 83.9 Å². The molecular formula is C38H86Br2N2O4S. The molecule has 0 aliphatic rings. The summed E-state index contributed by atoms with van der Waals surface area (Å²) in [4.78, 5) is 0. The van der Waals surface area contributed by atoms with Crippen LogP contribution in [0, 0.1) is 0 Å². The standard InChI is InChI=1S/C21H46N.C16H36N.CH4O4S.2BrH/c1-5-6-7-8-9-10-11-12-13-14-15-16-17-18-19-20-21-22(2,3)4;1-5-7-8-9-10-11-12-13-14-15-16-17(3,4)6-2;1-5-6(2,3)4;;/h5-21H2,1-4H3;5-16H2,1-4H3;1H3,(H,2,3,4);2*1H/q2*+1;;;/p-2. The van der Waals surface area contributed by atoms with E-state index < -0.39 is 10.4 Å². The molecule has 0 saturated heterocycles. The lowest BCUT2D eigenvalue weighted by atomic mass is 10.0. The summed E-state index contributed by atoms with van der Waals surface area (Å²) in [5.74, 6) is 0. The maximum atomic E-state index is 9.33. The fourth-order valence-electron chi connectivity index (χ4n) is 5.32. The van der Waals surface area contributed by atoms with Crippen molar-refractivity contribution in [1.29, 1.82) is 0 Å². The van der Waals surface area contributed by atoms with E-state index in [9.17, 15) is 8.42 Å². The summed E-state index contributed by atoms with van der Waals surface area (Å²) in [6.07, 6.45) is 37.8. The third-order valence-electron chi connectivity index (χ3n) is 8.87. The van der Waals surface area contributed by atoms with Gasteiger partial charge in [0.05, 0.1) is 62.0 Å². The van der Waals surface area contributed by atoms with Crippen LogP contribution in [0.3, 0.4) is 0 Å². The number of unbranched alkanes of at least 4 members (excludes halogenated alkanes) is 24. The molecule has 6 nitrogen and oxygen atoms in total. The molecule has 292 valence electrons. The first-order valence-corrected chi connectivity index (χ1v) is 20.8. The first kappa shape index (κ1) is 57.1. The van der Waals surface area contributed by atoms with Crippen LogP contribution < -0.4 is 34.0 Å². The molecule has 0 aliphatic carbocycles. The lowest BCUT2D eigenvalue weighted by Gasteiger charge is -2.28. The topological polar surface area (TPSA) is 63.6 Å². The van der Waals surface area contributed by atoms with Gasteiger partial charge in [0.2, 0.25) is 0 Å². The Labute approximate surface area is 318 Å². The van der Waals surface area contributed by atoms with Crippen LogP contribution in [-0.2, 0) is 14.6 Å². The summed E-state index contributed by atoms with van der Waals surface area (Å²) in [6.45, 7) is 10.8. The molecule has 0 radical (unpaired) electrons. The van der Waals surface area contributed by atoms with Crippen molar-refractivity contribution in [3.8, 4) is 0 Å². The van der Waals surface area contributed by atoms with Crippen molar-refractivity contribution in [1.82, 2.24) is 0 Å². The minimum Gasteiger partial charge on any atom is -1.00 e. The summed E-state index contributed by atoms with van der Waals surface area (Å²) >= 11 is 0. The Bertz CT molecular complexity index is 675. The highest BCUT2D eigenvalue weighted by Gasteiger charge is 2.10. The minimum absolute atomic E-state index is 0. The molecule has 0 spiro atoms. The van der Waals surface area contributed by atoms with Gasteiger partial charge in [-0.2, -0.15) is 8.42 Å². The highest BCUT2D eigenvalue weighted by atomic mass is 79.9. The van der Waals surface area contributed by atoms with Crippen LogP contribution in [0.4, 0.5) is 0 Å². The van der Waals surface area contributed by atoms with Gasteiger partial charge in [-0.3, -0.25) is 8.74 Å². The average Bonchev–Trinajstić information content (AvgIpc) is 2.97. The second-order valence-corrected chi connectivity index (χ2v) is 16.3. The highest BCUT2D eigenvalue weighted by Crippen LogP contribution is 2.14. The van der Waals surface area contributed by atoms with Gasteiger partial charge in [-0.25, -0.2) is 0 Å². The van der Waals surface area contributed by atoms with Gasteiger partial charge in [-0.15, -0.1) is 0 Å². The van der Waals surface area contributed by atoms with Gasteiger partial charge in [0.1, 0.15) is 0 Å². The monoisotopic (exact) mass is 824 g/mol. The summed E-state index contributed by atoms with van der Waals surface area (Å²) in [7, 11) is 8.28. The van der Waals surface area contributed by atoms with Crippen molar-refractivity contribution in [2.24, 2.45) is 0 Å². The van der Waals surface area contributed by atoms with E-state index in [1.807, 2.05) is 0 Å². The zero-order valence-electron chi connectivity index (χ0n) is 33.2. The Morgan fingerprint density at radius 3 is 0.851 bits per heavy atom. The average molecular weight is 827 g/mol. The van der Waals surface area contributed by atoms with Gasteiger partial charge in [0.15, 0.2) is 0 Å². The zero-order chi connectivity index (χ0) is 34.7. The van der Waals surface area contributed by atoms with Crippen molar-refractivity contribution in [3.63, 3.8) is 0 Å². The predicted octanol–water partition coefficient (Wildman–Crippen LogP) is 5.40. The molecule has 0 amide bonds. The van der Waals surface area contributed by atoms with E-state index in [4.69, 9.17) is 4.55 Å². The quantitative estimate of drug-likeness (QED) is 0.0600. The molecule has 0 unspecified atom stereocenters. The lowest BCUT2D eigenvalue weighted by molar-refractivity contribution is -0.888. The van der Waals surface area contributed by atoms with Crippen LogP contribution in [0.15, 0.2) is 0 Å². The number of hydrogen-bond acceptors (Lipinski definition) is 3. The largest absolute Gasteiger partial charge is 1.00 e. The highest BCUT2D eigenvalue weighted by molar-refractivity contribution is 7.80. The first-order chi connectivity index (χ1) is 21.2. The Morgan fingerprint density at radius 2 is 0.660 bits per heavy atom. The van der Waals surface area contributed by atoms with Crippen molar-refractivity contribution in [2.75, 3.05) is 62.0 Å². The molecule has 47 heavy (non-hydrogen) atoms. The Morgan fingerprint density at radius 1 is 0.447 bits per heavy atom. The number of halogens is 2. The number of rotatable bonds is 30. The summed E-state index contributed by atoms with van der Waals surface area (Å²) < 4.78 is 32.0. The first-order valence-electron chi connectivity index (χ1n) is 19.4.